The molecule has 1 saturated heterocycles. The maximum Gasteiger partial charge on any atom is 0.416 e. The van der Waals surface area contributed by atoms with Gasteiger partial charge in [0.2, 0.25) is 0 Å². The normalized spacial score (nSPS) is 25.8. The van der Waals surface area contributed by atoms with Crippen molar-refractivity contribution in [2.75, 3.05) is 5.32 Å². The second-order valence-corrected chi connectivity index (χ2v) is 5.56. The molecule has 2 rings (SSSR count). The van der Waals surface area contributed by atoms with Crippen LogP contribution in [0.3, 0.4) is 0 Å². The molecule has 1 heterocycles. The molecular formula is C14H17F3N2O3. The molecule has 1 aliphatic heterocycles. The number of ether oxygens (including phenoxy) is 1. The van der Waals surface area contributed by atoms with Gasteiger partial charge in [0.25, 0.3) is 5.69 Å². The van der Waals surface area contributed by atoms with Gasteiger partial charge in [0.05, 0.1) is 22.7 Å². The number of alkyl halides is 3. The molecule has 8 heteroatoms. The topological polar surface area (TPSA) is 64.4 Å². The number of benzene rings is 1. The summed E-state index contributed by atoms with van der Waals surface area (Å²) >= 11 is 0. The summed E-state index contributed by atoms with van der Waals surface area (Å²) in [5.41, 5.74) is -1.50. The van der Waals surface area contributed by atoms with Crippen LogP contribution in [0.5, 0.6) is 0 Å². The fraction of sp³-hybridized carbons (Fsp3) is 0.571. The molecule has 5 nitrogen and oxygen atoms in total. The number of halogens is 3. The zero-order chi connectivity index (χ0) is 16.5. The first-order valence-electron chi connectivity index (χ1n) is 6.94. The van der Waals surface area contributed by atoms with Gasteiger partial charge in [-0.3, -0.25) is 10.1 Å². The Morgan fingerprint density at radius 3 is 2.36 bits per heavy atom. The van der Waals surface area contributed by atoms with E-state index < -0.39 is 22.4 Å². The lowest BCUT2D eigenvalue weighted by Crippen LogP contribution is -2.37. The van der Waals surface area contributed by atoms with Gasteiger partial charge in [0.15, 0.2) is 0 Å². The summed E-state index contributed by atoms with van der Waals surface area (Å²) in [6, 6.07) is 2.45. The number of hydrogen-bond donors (Lipinski definition) is 1. The van der Waals surface area contributed by atoms with E-state index in [9.17, 15) is 23.3 Å². The summed E-state index contributed by atoms with van der Waals surface area (Å²) in [4.78, 5) is 10.2. The van der Waals surface area contributed by atoms with Crippen LogP contribution >= 0.6 is 0 Å². The summed E-state index contributed by atoms with van der Waals surface area (Å²) in [7, 11) is 0. The van der Waals surface area contributed by atoms with Crippen molar-refractivity contribution >= 4 is 11.4 Å². The molecule has 2 atom stereocenters. The fourth-order valence-corrected chi connectivity index (χ4v) is 2.72. The number of hydrogen-bond acceptors (Lipinski definition) is 4. The first-order chi connectivity index (χ1) is 10.2. The van der Waals surface area contributed by atoms with Gasteiger partial charge in [0.1, 0.15) is 5.69 Å². The van der Waals surface area contributed by atoms with Crippen molar-refractivity contribution in [3.63, 3.8) is 0 Å². The average Bonchev–Trinajstić information content (AvgIpc) is 2.36. The van der Waals surface area contributed by atoms with Crippen LogP contribution in [-0.2, 0) is 10.9 Å². The molecule has 0 aromatic heterocycles. The highest BCUT2D eigenvalue weighted by atomic mass is 19.4. The quantitative estimate of drug-likeness (QED) is 0.676. The Balaban J connectivity index is 2.25. The number of nitrogens with zero attached hydrogens (tertiary/aromatic N) is 1. The van der Waals surface area contributed by atoms with E-state index >= 15 is 0 Å². The van der Waals surface area contributed by atoms with Gasteiger partial charge in [-0.25, -0.2) is 0 Å². The van der Waals surface area contributed by atoms with Gasteiger partial charge in [-0.15, -0.1) is 0 Å². The van der Waals surface area contributed by atoms with E-state index in [4.69, 9.17) is 4.74 Å². The van der Waals surface area contributed by atoms with Crippen molar-refractivity contribution in [2.24, 2.45) is 0 Å². The molecule has 1 fully saturated rings. The number of anilines is 1. The van der Waals surface area contributed by atoms with Crippen LogP contribution in [0.15, 0.2) is 18.2 Å². The van der Waals surface area contributed by atoms with Gasteiger partial charge >= 0.3 is 6.18 Å². The summed E-state index contributed by atoms with van der Waals surface area (Å²) in [5, 5.41) is 14.0. The SMILES string of the molecule is CC1CC(Nc2ccc(C(F)(F)F)cc2[N+](=O)[O-])CC(C)O1. The highest BCUT2D eigenvalue weighted by Gasteiger charge is 2.33. The zero-order valence-electron chi connectivity index (χ0n) is 12.2. The molecule has 0 aliphatic carbocycles. The van der Waals surface area contributed by atoms with Crippen LogP contribution < -0.4 is 5.32 Å². The molecule has 1 aromatic rings. The van der Waals surface area contributed by atoms with Gasteiger partial charge < -0.3 is 10.1 Å². The van der Waals surface area contributed by atoms with E-state index in [0.717, 1.165) is 12.1 Å². The average molecular weight is 318 g/mol. The van der Waals surface area contributed by atoms with Gasteiger partial charge in [-0.2, -0.15) is 13.2 Å². The smallest absolute Gasteiger partial charge is 0.377 e. The summed E-state index contributed by atoms with van der Waals surface area (Å²) in [5.74, 6) is 0. The van der Waals surface area contributed by atoms with Crippen LogP contribution in [0.1, 0.15) is 32.3 Å². The molecule has 0 saturated carbocycles. The van der Waals surface area contributed by atoms with Crippen LogP contribution in [0.25, 0.3) is 0 Å². The number of nitro groups is 1. The highest BCUT2D eigenvalue weighted by molar-refractivity contribution is 5.63. The molecule has 1 N–H and O–H groups in total. The predicted octanol–water partition coefficient (Wildman–Crippen LogP) is 3.98. The van der Waals surface area contributed by atoms with E-state index in [0.29, 0.717) is 18.9 Å². The van der Waals surface area contributed by atoms with E-state index in [-0.39, 0.29) is 23.9 Å². The fourth-order valence-electron chi connectivity index (χ4n) is 2.72. The van der Waals surface area contributed by atoms with E-state index in [1.807, 2.05) is 13.8 Å². The first kappa shape index (κ1) is 16.5. The second-order valence-electron chi connectivity index (χ2n) is 5.56. The van der Waals surface area contributed by atoms with Gasteiger partial charge in [-0.1, -0.05) is 0 Å². The van der Waals surface area contributed by atoms with Crippen molar-refractivity contribution in [1.29, 1.82) is 0 Å². The molecule has 0 amide bonds. The molecule has 0 spiro atoms. The standard InChI is InChI=1S/C14H17F3N2O3/c1-8-5-11(6-9(2)22-8)18-12-4-3-10(14(15,16)17)7-13(12)19(20)21/h3-4,7-9,11,18H,5-6H2,1-2H3. The molecule has 0 radical (unpaired) electrons. The maximum absolute atomic E-state index is 12.7. The molecular weight excluding hydrogens is 301 g/mol. The minimum Gasteiger partial charge on any atom is -0.377 e. The van der Waals surface area contributed by atoms with E-state index in [1.165, 1.54) is 0 Å². The summed E-state index contributed by atoms with van der Waals surface area (Å²) in [6.45, 7) is 3.79. The van der Waals surface area contributed by atoms with Crippen molar-refractivity contribution in [1.82, 2.24) is 0 Å². The van der Waals surface area contributed by atoms with Crippen molar-refractivity contribution < 1.29 is 22.8 Å². The maximum atomic E-state index is 12.7. The van der Waals surface area contributed by atoms with E-state index in [1.54, 1.807) is 0 Å². The molecule has 22 heavy (non-hydrogen) atoms. The Labute approximate surface area is 125 Å². The lowest BCUT2D eigenvalue weighted by molar-refractivity contribution is -0.384. The van der Waals surface area contributed by atoms with Crippen molar-refractivity contribution in [2.45, 2.75) is 51.1 Å². The number of rotatable bonds is 3. The Morgan fingerprint density at radius 1 is 1.27 bits per heavy atom. The Hall–Kier alpha value is -1.83. The highest BCUT2D eigenvalue weighted by Crippen LogP contribution is 2.36. The number of nitro benzene ring substituents is 1. The Morgan fingerprint density at radius 2 is 1.86 bits per heavy atom. The van der Waals surface area contributed by atoms with Gasteiger partial charge in [-0.05, 0) is 38.8 Å². The Bertz CT molecular complexity index is 553. The van der Waals surface area contributed by atoms with Crippen LogP contribution in [0, 0.1) is 10.1 Å². The van der Waals surface area contributed by atoms with Crippen molar-refractivity contribution in [3.05, 3.63) is 33.9 Å². The summed E-state index contributed by atoms with van der Waals surface area (Å²) < 4.78 is 43.6. The van der Waals surface area contributed by atoms with E-state index in [2.05, 4.69) is 5.32 Å². The van der Waals surface area contributed by atoms with Crippen molar-refractivity contribution in [3.8, 4) is 0 Å². The third-order valence-electron chi connectivity index (χ3n) is 3.58. The second kappa shape index (κ2) is 6.12. The monoisotopic (exact) mass is 318 g/mol. The third-order valence-corrected chi connectivity index (χ3v) is 3.58. The third kappa shape index (κ3) is 3.88. The Kier molecular flexibility index (Phi) is 4.60. The number of nitrogens with one attached hydrogen (secondary N) is 1. The molecule has 1 aromatic carbocycles. The lowest BCUT2D eigenvalue weighted by Gasteiger charge is -2.33. The minimum absolute atomic E-state index is 0.00486. The molecule has 1 aliphatic rings. The predicted molar refractivity (Wildman–Crippen MR) is 74.8 cm³/mol. The zero-order valence-corrected chi connectivity index (χ0v) is 12.2. The molecule has 2 unspecified atom stereocenters. The van der Waals surface area contributed by atoms with Crippen LogP contribution in [0.4, 0.5) is 24.5 Å². The largest absolute Gasteiger partial charge is 0.416 e. The van der Waals surface area contributed by atoms with Crippen LogP contribution in [0.2, 0.25) is 0 Å². The lowest BCUT2D eigenvalue weighted by atomic mass is 9.99. The summed E-state index contributed by atoms with van der Waals surface area (Å²) in [6.07, 6.45) is -3.33. The molecule has 0 bridgehead atoms. The minimum atomic E-state index is -4.61. The molecule has 122 valence electrons. The van der Waals surface area contributed by atoms with Crippen LogP contribution in [-0.4, -0.2) is 23.2 Å². The first-order valence-corrected chi connectivity index (χ1v) is 6.94. The van der Waals surface area contributed by atoms with Gasteiger partial charge in [0, 0.05) is 12.1 Å².